The largest absolute Gasteiger partial charge is 0.370 e. The molecule has 0 fully saturated rings. The zero-order chi connectivity index (χ0) is 12.3. The number of aryl methyl sites for hydroxylation is 1. The van der Waals surface area contributed by atoms with Crippen LogP contribution in [0.4, 0.5) is 0 Å². The van der Waals surface area contributed by atoms with Crippen LogP contribution in [0.1, 0.15) is 30.0 Å². The molecule has 0 aliphatic heterocycles. The normalized spacial score (nSPS) is 19.5. The fourth-order valence-corrected chi connectivity index (χ4v) is 2.18. The van der Waals surface area contributed by atoms with Crippen molar-refractivity contribution >= 4 is 11.9 Å². The van der Waals surface area contributed by atoms with Gasteiger partial charge < -0.3 is 17.2 Å². The van der Waals surface area contributed by atoms with Crippen molar-refractivity contribution < 1.29 is 0 Å². The number of benzene rings is 1. The van der Waals surface area contributed by atoms with Crippen molar-refractivity contribution in [3.05, 3.63) is 35.4 Å². The summed E-state index contributed by atoms with van der Waals surface area (Å²) in [6.45, 7) is 0. The molecular weight excluding hydrogens is 214 g/mol. The van der Waals surface area contributed by atoms with E-state index in [2.05, 4.69) is 22.1 Å². The average Bonchev–Trinajstić information content (AvgIpc) is 2.28. The summed E-state index contributed by atoms with van der Waals surface area (Å²) in [5.74, 6) is 0.0852. The summed E-state index contributed by atoms with van der Waals surface area (Å²) < 4.78 is 0. The predicted octanol–water partition coefficient (Wildman–Crippen LogP) is 0.652. The predicted molar refractivity (Wildman–Crippen MR) is 69.6 cm³/mol. The van der Waals surface area contributed by atoms with Gasteiger partial charge in [0.15, 0.2) is 5.96 Å². The highest BCUT2D eigenvalue weighted by atomic mass is 15.1. The molecule has 0 amide bonds. The summed E-state index contributed by atoms with van der Waals surface area (Å²) >= 11 is 0. The standard InChI is InChI=1S/C12H17N5/c13-11(14)17-12(15)16-10-7-3-5-8-4-1-2-6-9(8)10/h1-2,4,6,10H,3,5,7H2,(H6,13,14,15,16,17)/t10-/m1/s1. The van der Waals surface area contributed by atoms with Gasteiger partial charge in [0.05, 0.1) is 6.04 Å². The third-order valence-electron chi connectivity index (χ3n) is 2.87. The molecular formula is C12H17N5. The maximum Gasteiger partial charge on any atom is 0.219 e. The number of rotatable bonds is 1. The molecule has 1 aromatic rings. The lowest BCUT2D eigenvalue weighted by Gasteiger charge is -2.22. The van der Waals surface area contributed by atoms with E-state index in [0.717, 1.165) is 19.3 Å². The highest BCUT2D eigenvalue weighted by Crippen LogP contribution is 2.32. The first-order valence-electron chi connectivity index (χ1n) is 5.67. The lowest BCUT2D eigenvalue weighted by atomic mass is 9.88. The molecule has 2 rings (SSSR count). The minimum Gasteiger partial charge on any atom is -0.370 e. The SMILES string of the molecule is NC(N)=NC(N)=N[C@@H]1CCCc2ccccc21. The summed E-state index contributed by atoms with van der Waals surface area (Å²) in [6, 6.07) is 8.36. The molecule has 5 nitrogen and oxygen atoms in total. The summed E-state index contributed by atoms with van der Waals surface area (Å²) in [5, 5.41) is 0. The van der Waals surface area contributed by atoms with Gasteiger partial charge in [0.2, 0.25) is 5.96 Å². The highest BCUT2D eigenvalue weighted by molar-refractivity contribution is 5.92. The molecule has 1 aliphatic carbocycles. The fourth-order valence-electron chi connectivity index (χ4n) is 2.18. The van der Waals surface area contributed by atoms with Crippen LogP contribution in [0.2, 0.25) is 0 Å². The number of nitrogens with two attached hydrogens (primary N) is 3. The van der Waals surface area contributed by atoms with E-state index in [1.54, 1.807) is 0 Å². The van der Waals surface area contributed by atoms with Crippen LogP contribution in [0.5, 0.6) is 0 Å². The maximum absolute atomic E-state index is 5.67. The Morgan fingerprint density at radius 1 is 1.18 bits per heavy atom. The van der Waals surface area contributed by atoms with Crippen LogP contribution in [0.15, 0.2) is 34.3 Å². The maximum atomic E-state index is 5.67. The van der Waals surface area contributed by atoms with Crippen LogP contribution in [0, 0.1) is 0 Å². The average molecular weight is 231 g/mol. The number of hydrogen-bond acceptors (Lipinski definition) is 1. The zero-order valence-corrected chi connectivity index (χ0v) is 9.63. The quantitative estimate of drug-likeness (QED) is 0.488. The Bertz CT molecular complexity index is 460. The van der Waals surface area contributed by atoms with Crippen LogP contribution < -0.4 is 17.2 Å². The number of aliphatic imine (C=N–C) groups is 2. The smallest absolute Gasteiger partial charge is 0.219 e. The Balaban J connectivity index is 2.27. The van der Waals surface area contributed by atoms with Gasteiger partial charge in [-0.2, -0.15) is 4.99 Å². The molecule has 90 valence electrons. The number of guanidine groups is 2. The number of nitrogens with zero attached hydrogens (tertiary/aromatic N) is 2. The molecule has 0 saturated carbocycles. The van der Waals surface area contributed by atoms with E-state index in [1.807, 2.05) is 12.1 Å². The van der Waals surface area contributed by atoms with Crippen molar-refractivity contribution in [2.24, 2.45) is 27.2 Å². The summed E-state index contributed by atoms with van der Waals surface area (Å²) in [6.07, 6.45) is 3.20. The molecule has 1 aromatic carbocycles. The van der Waals surface area contributed by atoms with Gasteiger partial charge >= 0.3 is 0 Å². The van der Waals surface area contributed by atoms with Crippen molar-refractivity contribution in [3.63, 3.8) is 0 Å². The molecule has 0 aromatic heterocycles. The number of hydrogen-bond donors (Lipinski definition) is 3. The Morgan fingerprint density at radius 3 is 2.71 bits per heavy atom. The molecule has 5 heteroatoms. The summed E-state index contributed by atoms with van der Waals surface area (Å²) in [4.78, 5) is 8.11. The van der Waals surface area contributed by atoms with Crippen molar-refractivity contribution in [2.75, 3.05) is 0 Å². The Morgan fingerprint density at radius 2 is 1.94 bits per heavy atom. The third-order valence-corrected chi connectivity index (χ3v) is 2.87. The Kier molecular flexibility index (Phi) is 3.27. The van der Waals surface area contributed by atoms with Gasteiger partial charge in [-0.25, -0.2) is 4.99 Å². The first kappa shape index (κ1) is 11.4. The molecule has 1 atom stereocenters. The molecule has 1 aliphatic rings. The first-order chi connectivity index (χ1) is 8.16. The number of fused-ring (bicyclic) bond motifs is 1. The molecule has 17 heavy (non-hydrogen) atoms. The highest BCUT2D eigenvalue weighted by Gasteiger charge is 2.18. The molecule has 0 saturated heterocycles. The van der Waals surface area contributed by atoms with Crippen molar-refractivity contribution in [1.82, 2.24) is 0 Å². The van der Waals surface area contributed by atoms with Gasteiger partial charge in [-0.3, -0.25) is 0 Å². The lowest BCUT2D eigenvalue weighted by molar-refractivity contribution is 0.572. The summed E-state index contributed by atoms with van der Waals surface area (Å²) in [7, 11) is 0. The monoisotopic (exact) mass is 231 g/mol. The van der Waals surface area contributed by atoms with E-state index in [-0.39, 0.29) is 18.0 Å². The minimum absolute atomic E-state index is 0.0599. The second-order valence-electron chi connectivity index (χ2n) is 4.13. The first-order valence-corrected chi connectivity index (χ1v) is 5.67. The zero-order valence-electron chi connectivity index (χ0n) is 9.63. The van der Waals surface area contributed by atoms with Gasteiger partial charge in [0, 0.05) is 0 Å². The van der Waals surface area contributed by atoms with E-state index >= 15 is 0 Å². The molecule has 0 spiro atoms. The topological polar surface area (TPSA) is 103 Å². The third kappa shape index (κ3) is 2.75. The second-order valence-corrected chi connectivity index (χ2v) is 4.13. The van der Waals surface area contributed by atoms with E-state index in [0.29, 0.717) is 0 Å². The van der Waals surface area contributed by atoms with E-state index in [4.69, 9.17) is 17.2 Å². The minimum atomic E-state index is -0.0599. The Labute approximate surface area is 100 Å². The van der Waals surface area contributed by atoms with Gasteiger partial charge in [-0.1, -0.05) is 24.3 Å². The van der Waals surface area contributed by atoms with E-state index in [9.17, 15) is 0 Å². The molecule has 0 unspecified atom stereocenters. The fraction of sp³-hybridized carbons (Fsp3) is 0.333. The van der Waals surface area contributed by atoms with Gasteiger partial charge in [0.25, 0.3) is 0 Å². The van der Waals surface area contributed by atoms with Crippen molar-refractivity contribution in [3.8, 4) is 0 Å². The van der Waals surface area contributed by atoms with E-state index in [1.165, 1.54) is 11.1 Å². The van der Waals surface area contributed by atoms with Crippen LogP contribution >= 0.6 is 0 Å². The Hall–Kier alpha value is -2.04. The molecule has 0 heterocycles. The van der Waals surface area contributed by atoms with Gasteiger partial charge in [-0.15, -0.1) is 0 Å². The van der Waals surface area contributed by atoms with E-state index < -0.39 is 0 Å². The summed E-state index contributed by atoms with van der Waals surface area (Å²) in [5.41, 5.74) is 18.8. The van der Waals surface area contributed by atoms with Crippen LogP contribution in [0.3, 0.4) is 0 Å². The van der Waals surface area contributed by atoms with Crippen LogP contribution in [0.25, 0.3) is 0 Å². The molecule has 0 radical (unpaired) electrons. The van der Waals surface area contributed by atoms with Crippen molar-refractivity contribution in [2.45, 2.75) is 25.3 Å². The van der Waals surface area contributed by atoms with Crippen LogP contribution in [-0.2, 0) is 6.42 Å². The van der Waals surface area contributed by atoms with Gasteiger partial charge in [0.1, 0.15) is 0 Å². The second kappa shape index (κ2) is 4.86. The molecule has 0 bridgehead atoms. The van der Waals surface area contributed by atoms with Gasteiger partial charge in [-0.05, 0) is 30.4 Å². The van der Waals surface area contributed by atoms with Crippen molar-refractivity contribution in [1.29, 1.82) is 0 Å². The lowest BCUT2D eigenvalue weighted by Crippen LogP contribution is -2.27. The molecule has 6 N–H and O–H groups in total. The van der Waals surface area contributed by atoms with Crippen LogP contribution in [-0.4, -0.2) is 11.9 Å².